The Balaban J connectivity index is 0.00000280. The van der Waals surface area contributed by atoms with Gasteiger partial charge in [-0.1, -0.05) is 30.3 Å². The molecule has 6 heteroatoms. The van der Waals surface area contributed by atoms with Crippen LogP contribution in [0.25, 0.3) is 0 Å². The van der Waals surface area contributed by atoms with E-state index in [4.69, 9.17) is 9.47 Å². The van der Waals surface area contributed by atoms with Gasteiger partial charge < -0.3 is 14.8 Å². The van der Waals surface area contributed by atoms with E-state index < -0.39 is 0 Å². The summed E-state index contributed by atoms with van der Waals surface area (Å²) in [6, 6.07) is 16.4. The maximum Gasteiger partial charge on any atom is 0.166 e. The molecule has 0 atom stereocenters. The van der Waals surface area contributed by atoms with Crippen molar-refractivity contribution in [2.24, 2.45) is 0 Å². The number of benzene rings is 2. The Morgan fingerprint density at radius 2 is 1.64 bits per heavy atom. The molecule has 0 aliphatic heterocycles. The molecule has 1 aromatic heterocycles. The van der Waals surface area contributed by atoms with Crippen LogP contribution in [0.15, 0.2) is 67.0 Å². The molecular formula is C22H24ClFN2O2. The van der Waals surface area contributed by atoms with Crippen molar-refractivity contribution in [2.45, 2.75) is 26.6 Å². The summed E-state index contributed by atoms with van der Waals surface area (Å²) in [7, 11) is 0. The highest BCUT2D eigenvalue weighted by Gasteiger charge is 2.12. The molecule has 0 saturated carbocycles. The first kappa shape index (κ1) is 21.7. The molecule has 0 unspecified atom stereocenters. The maximum atomic E-state index is 13.9. The predicted octanol–water partition coefficient (Wildman–Crippen LogP) is 4.91. The number of nitrogens with zero attached hydrogens (tertiary/aromatic N) is 1. The number of nitrogens with one attached hydrogen (secondary N) is 1. The molecule has 0 bridgehead atoms. The third-order valence-corrected chi connectivity index (χ3v) is 4.08. The molecule has 0 aliphatic carbocycles. The first-order valence-corrected chi connectivity index (χ1v) is 8.98. The molecule has 0 radical (unpaired) electrons. The molecule has 0 aliphatic rings. The highest BCUT2D eigenvalue weighted by atomic mass is 35.5. The van der Waals surface area contributed by atoms with Crippen molar-refractivity contribution in [3.8, 4) is 11.5 Å². The summed E-state index contributed by atoms with van der Waals surface area (Å²) in [5.41, 5.74) is 2.63. The summed E-state index contributed by atoms with van der Waals surface area (Å²) >= 11 is 0. The van der Waals surface area contributed by atoms with Crippen LogP contribution in [0.1, 0.15) is 23.6 Å². The van der Waals surface area contributed by atoms with Crippen LogP contribution in [0, 0.1) is 5.82 Å². The van der Waals surface area contributed by atoms with E-state index in [1.165, 1.54) is 6.07 Å². The monoisotopic (exact) mass is 402 g/mol. The second-order valence-electron chi connectivity index (χ2n) is 6.02. The first-order chi connectivity index (χ1) is 13.3. The Kier molecular flexibility index (Phi) is 8.72. The van der Waals surface area contributed by atoms with E-state index in [-0.39, 0.29) is 24.8 Å². The van der Waals surface area contributed by atoms with Gasteiger partial charge in [-0.05, 0) is 36.8 Å². The van der Waals surface area contributed by atoms with Crippen molar-refractivity contribution in [2.75, 3.05) is 6.61 Å². The van der Waals surface area contributed by atoms with Gasteiger partial charge in [-0.25, -0.2) is 4.39 Å². The van der Waals surface area contributed by atoms with Gasteiger partial charge in [0.1, 0.15) is 12.4 Å². The molecule has 148 valence electrons. The van der Waals surface area contributed by atoms with Gasteiger partial charge >= 0.3 is 0 Å². The van der Waals surface area contributed by atoms with Crippen molar-refractivity contribution in [3.05, 3.63) is 89.5 Å². The van der Waals surface area contributed by atoms with Crippen LogP contribution in [0.5, 0.6) is 11.5 Å². The number of hydrogen-bond acceptors (Lipinski definition) is 4. The number of hydrogen-bond donors (Lipinski definition) is 1. The van der Waals surface area contributed by atoms with E-state index >= 15 is 0 Å². The van der Waals surface area contributed by atoms with E-state index in [1.807, 2.05) is 37.3 Å². The lowest BCUT2D eigenvalue weighted by Gasteiger charge is -2.17. The zero-order chi connectivity index (χ0) is 18.9. The summed E-state index contributed by atoms with van der Waals surface area (Å²) in [6.07, 6.45) is 3.55. The molecule has 0 saturated heterocycles. The Hall–Kier alpha value is -2.63. The van der Waals surface area contributed by atoms with E-state index in [2.05, 4.69) is 10.3 Å². The van der Waals surface area contributed by atoms with Crippen LogP contribution < -0.4 is 14.8 Å². The van der Waals surface area contributed by atoms with Crippen LogP contribution in [0.4, 0.5) is 4.39 Å². The molecule has 3 rings (SSSR count). The number of aromatic nitrogens is 1. The molecule has 2 aromatic carbocycles. The molecular weight excluding hydrogens is 379 g/mol. The molecule has 1 N–H and O–H groups in total. The number of halogens is 2. The smallest absolute Gasteiger partial charge is 0.166 e. The summed E-state index contributed by atoms with van der Waals surface area (Å²) in [5.74, 6) is 1.03. The topological polar surface area (TPSA) is 43.4 Å². The predicted molar refractivity (Wildman–Crippen MR) is 110 cm³/mol. The van der Waals surface area contributed by atoms with Crippen LogP contribution >= 0.6 is 12.4 Å². The van der Waals surface area contributed by atoms with Crippen LogP contribution in [0.2, 0.25) is 0 Å². The minimum Gasteiger partial charge on any atom is -0.490 e. The van der Waals surface area contributed by atoms with Gasteiger partial charge in [-0.3, -0.25) is 4.98 Å². The number of para-hydroxylation sites is 1. The van der Waals surface area contributed by atoms with Crippen molar-refractivity contribution in [3.63, 3.8) is 0 Å². The number of rotatable bonds is 9. The summed E-state index contributed by atoms with van der Waals surface area (Å²) in [4.78, 5) is 4.02. The fourth-order valence-electron chi connectivity index (χ4n) is 2.74. The summed E-state index contributed by atoms with van der Waals surface area (Å²) in [6.45, 7) is 3.93. The minimum absolute atomic E-state index is 0. The average Bonchev–Trinajstić information content (AvgIpc) is 2.70. The third kappa shape index (κ3) is 5.94. The Morgan fingerprint density at radius 1 is 0.893 bits per heavy atom. The van der Waals surface area contributed by atoms with Crippen LogP contribution in [0.3, 0.4) is 0 Å². The first-order valence-electron chi connectivity index (χ1n) is 8.98. The standard InChI is InChI=1S/C22H23FN2O2.ClH/c1-2-26-21-9-5-7-18(15-25-14-17-10-12-24-13-11-17)22(21)27-16-19-6-3-4-8-20(19)23;/h3-13,25H,2,14-16H2,1H3;1H. The molecule has 1 heterocycles. The Morgan fingerprint density at radius 3 is 2.39 bits per heavy atom. The lowest BCUT2D eigenvalue weighted by molar-refractivity contribution is 0.262. The summed E-state index contributed by atoms with van der Waals surface area (Å²) < 4.78 is 25.6. The van der Waals surface area contributed by atoms with Crippen LogP contribution in [-0.4, -0.2) is 11.6 Å². The van der Waals surface area contributed by atoms with E-state index in [9.17, 15) is 4.39 Å². The Labute approximate surface area is 171 Å². The van der Waals surface area contributed by atoms with Gasteiger partial charge in [-0.2, -0.15) is 0 Å². The molecule has 3 aromatic rings. The minimum atomic E-state index is -0.274. The molecule has 0 spiro atoms. The average molecular weight is 403 g/mol. The lowest BCUT2D eigenvalue weighted by atomic mass is 10.1. The highest BCUT2D eigenvalue weighted by molar-refractivity contribution is 5.85. The molecule has 0 fully saturated rings. The molecule has 28 heavy (non-hydrogen) atoms. The van der Waals surface area contributed by atoms with Crippen LogP contribution in [-0.2, 0) is 19.7 Å². The van der Waals surface area contributed by atoms with E-state index in [0.717, 1.165) is 11.1 Å². The molecule has 0 amide bonds. The van der Waals surface area contributed by atoms with E-state index in [0.29, 0.717) is 36.8 Å². The van der Waals surface area contributed by atoms with Gasteiger partial charge in [-0.15, -0.1) is 12.4 Å². The maximum absolute atomic E-state index is 13.9. The highest BCUT2D eigenvalue weighted by Crippen LogP contribution is 2.32. The van der Waals surface area contributed by atoms with Gasteiger partial charge in [0.15, 0.2) is 11.5 Å². The quantitative estimate of drug-likeness (QED) is 0.552. The second kappa shape index (κ2) is 11.3. The van der Waals surface area contributed by atoms with Crippen molar-refractivity contribution in [1.29, 1.82) is 0 Å². The number of pyridine rings is 1. The fraction of sp³-hybridized carbons (Fsp3) is 0.227. The van der Waals surface area contributed by atoms with Gasteiger partial charge in [0, 0.05) is 36.6 Å². The largest absolute Gasteiger partial charge is 0.490 e. The van der Waals surface area contributed by atoms with Gasteiger partial charge in [0.2, 0.25) is 0 Å². The van der Waals surface area contributed by atoms with Gasteiger partial charge in [0.05, 0.1) is 6.61 Å². The van der Waals surface area contributed by atoms with Crippen molar-refractivity contribution in [1.82, 2.24) is 10.3 Å². The number of ether oxygens (including phenoxy) is 2. The van der Waals surface area contributed by atoms with Crippen molar-refractivity contribution >= 4 is 12.4 Å². The Bertz CT molecular complexity index is 862. The normalized spacial score (nSPS) is 10.2. The lowest BCUT2D eigenvalue weighted by Crippen LogP contribution is -2.14. The summed E-state index contributed by atoms with van der Waals surface area (Å²) in [5, 5.41) is 3.40. The zero-order valence-corrected chi connectivity index (χ0v) is 16.5. The zero-order valence-electron chi connectivity index (χ0n) is 15.7. The van der Waals surface area contributed by atoms with E-state index in [1.54, 1.807) is 30.6 Å². The fourth-order valence-corrected chi connectivity index (χ4v) is 2.74. The van der Waals surface area contributed by atoms with Gasteiger partial charge in [0.25, 0.3) is 0 Å². The second-order valence-corrected chi connectivity index (χ2v) is 6.02. The third-order valence-electron chi connectivity index (χ3n) is 4.08. The molecule has 4 nitrogen and oxygen atoms in total. The van der Waals surface area contributed by atoms with Crippen molar-refractivity contribution < 1.29 is 13.9 Å². The SMILES string of the molecule is CCOc1cccc(CNCc2ccncc2)c1OCc1ccccc1F.Cl.